The molecule has 100 valence electrons. The van der Waals surface area contributed by atoms with Crippen molar-refractivity contribution in [3.63, 3.8) is 0 Å². The van der Waals surface area contributed by atoms with Crippen molar-refractivity contribution in [1.29, 1.82) is 0 Å². The largest absolute Gasteiger partial charge is 0.464 e. The lowest BCUT2D eigenvalue weighted by molar-refractivity contribution is -0.151. The monoisotopic (exact) mass is 260 g/mol. The van der Waals surface area contributed by atoms with Gasteiger partial charge in [0.25, 0.3) is 0 Å². The number of carbonyl (C=O) groups is 1. The van der Waals surface area contributed by atoms with Gasteiger partial charge < -0.3 is 4.74 Å². The molecular formula is C13H16N4O2. The van der Waals surface area contributed by atoms with Crippen LogP contribution in [0.2, 0.25) is 0 Å². The van der Waals surface area contributed by atoms with Crippen LogP contribution in [0.15, 0.2) is 30.3 Å². The van der Waals surface area contributed by atoms with Crippen LogP contribution in [0.25, 0.3) is 0 Å². The fourth-order valence-corrected chi connectivity index (χ4v) is 2.01. The number of hydrogen-bond donors (Lipinski definition) is 0. The molecule has 0 spiro atoms. The molecule has 0 radical (unpaired) electrons. The Bertz CT molecular complexity index is 567. The number of hydrogen-bond acceptors (Lipinski definition) is 5. The molecule has 1 atom stereocenters. The van der Waals surface area contributed by atoms with E-state index in [-0.39, 0.29) is 5.97 Å². The highest BCUT2D eigenvalue weighted by molar-refractivity contribution is 5.82. The third-order valence-electron chi connectivity index (χ3n) is 3.06. The molecule has 0 saturated heterocycles. The third-order valence-corrected chi connectivity index (χ3v) is 3.06. The van der Waals surface area contributed by atoms with Gasteiger partial charge in [-0.3, -0.25) is 0 Å². The summed E-state index contributed by atoms with van der Waals surface area (Å²) >= 11 is 0. The molecule has 2 rings (SSSR count). The molecule has 6 heteroatoms. The van der Waals surface area contributed by atoms with Crippen LogP contribution in [-0.2, 0) is 15.1 Å². The van der Waals surface area contributed by atoms with Crippen LogP contribution in [0.4, 0.5) is 0 Å². The van der Waals surface area contributed by atoms with Gasteiger partial charge >= 0.3 is 5.97 Å². The van der Waals surface area contributed by atoms with E-state index in [0.717, 1.165) is 5.56 Å². The summed E-state index contributed by atoms with van der Waals surface area (Å²) in [6.45, 7) is 5.59. The topological polar surface area (TPSA) is 69.9 Å². The lowest BCUT2D eigenvalue weighted by Crippen LogP contribution is -2.43. The third kappa shape index (κ3) is 2.21. The molecule has 0 aliphatic heterocycles. The van der Waals surface area contributed by atoms with E-state index in [1.807, 2.05) is 30.3 Å². The molecule has 0 fully saturated rings. The zero-order valence-electron chi connectivity index (χ0n) is 11.2. The van der Waals surface area contributed by atoms with E-state index in [4.69, 9.17) is 4.74 Å². The molecular weight excluding hydrogens is 244 g/mol. The zero-order valence-corrected chi connectivity index (χ0v) is 11.2. The smallest absolute Gasteiger partial charge is 0.338 e. The second-order valence-electron chi connectivity index (χ2n) is 4.30. The van der Waals surface area contributed by atoms with Crippen molar-refractivity contribution < 1.29 is 9.53 Å². The van der Waals surface area contributed by atoms with Gasteiger partial charge in [0.15, 0.2) is 5.54 Å². The van der Waals surface area contributed by atoms with E-state index in [1.165, 1.54) is 4.68 Å². The van der Waals surface area contributed by atoms with Gasteiger partial charge in [-0.15, -0.1) is 5.10 Å². The number of benzene rings is 1. The van der Waals surface area contributed by atoms with E-state index in [9.17, 15) is 4.79 Å². The van der Waals surface area contributed by atoms with Crippen LogP contribution < -0.4 is 0 Å². The Kier molecular flexibility index (Phi) is 3.59. The minimum atomic E-state index is -1.06. The van der Waals surface area contributed by atoms with E-state index < -0.39 is 5.54 Å². The first kappa shape index (κ1) is 13.2. The number of ether oxygens (including phenoxy) is 1. The second-order valence-corrected chi connectivity index (χ2v) is 4.30. The normalized spacial score (nSPS) is 13.8. The lowest BCUT2D eigenvalue weighted by Gasteiger charge is -2.27. The quantitative estimate of drug-likeness (QED) is 0.775. The summed E-state index contributed by atoms with van der Waals surface area (Å²) in [6.07, 6.45) is 0. The first-order chi connectivity index (χ1) is 9.10. The molecule has 0 N–H and O–H groups in total. The number of rotatable bonds is 4. The average molecular weight is 260 g/mol. The summed E-state index contributed by atoms with van der Waals surface area (Å²) in [6, 6.07) is 9.34. The molecule has 0 amide bonds. The predicted molar refractivity (Wildman–Crippen MR) is 68.4 cm³/mol. The Morgan fingerprint density at radius 1 is 1.37 bits per heavy atom. The Morgan fingerprint density at radius 2 is 2.05 bits per heavy atom. The number of aromatic nitrogens is 4. The Labute approximate surface area is 111 Å². The predicted octanol–water partition coefficient (Wildman–Crippen LogP) is 1.31. The van der Waals surface area contributed by atoms with Gasteiger partial charge in [0, 0.05) is 0 Å². The van der Waals surface area contributed by atoms with Gasteiger partial charge in [0.2, 0.25) is 0 Å². The van der Waals surface area contributed by atoms with Crippen LogP contribution in [0.3, 0.4) is 0 Å². The van der Waals surface area contributed by atoms with Crippen molar-refractivity contribution in [2.75, 3.05) is 6.61 Å². The molecule has 1 heterocycles. The fraction of sp³-hybridized carbons (Fsp3) is 0.385. The molecule has 2 aromatic rings. The minimum absolute atomic E-state index is 0.308. The van der Waals surface area contributed by atoms with Gasteiger partial charge in [-0.1, -0.05) is 30.3 Å². The average Bonchev–Trinajstić information content (AvgIpc) is 2.86. The molecule has 6 nitrogen and oxygen atoms in total. The van der Waals surface area contributed by atoms with Gasteiger partial charge in [-0.05, 0) is 36.8 Å². The number of tetrazole rings is 1. The van der Waals surface area contributed by atoms with Gasteiger partial charge in [0.05, 0.1) is 6.61 Å². The highest BCUT2D eigenvalue weighted by Gasteiger charge is 2.41. The van der Waals surface area contributed by atoms with Crippen molar-refractivity contribution in [3.05, 3.63) is 41.7 Å². The number of aryl methyl sites for hydroxylation is 1. The Morgan fingerprint density at radius 3 is 2.58 bits per heavy atom. The van der Waals surface area contributed by atoms with Crippen LogP contribution >= 0.6 is 0 Å². The van der Waals surface area contributed by atoms with Crippen molar-refractivity contribution in [2.45, 2.75) is 26.3 Å². The van der Waals surface area contributed by atoms with E-state index in [1.54, 1.807) is 20.8 Å². The molecule has 0 bridgehead atoms. The molecule has 1 unspecified atom stereocenters. The van der Waals surface area contributed by atoms with Crippen molar-refractivity contribution in [2.24, 2.45) is 0 Å². The lowest BCUT2D eigenvalue weighted by atomic mass is 9.92. The van der Waals surface area contributed by atoms with Crippen molar-refractivity contribution >= 4 is 5.97 Å². The van der Waals surface area contributed by atoms with Crippen molar-refractivity contribution in [3.8, 4) is 0 Å². The van der Waals surface area contributed by atoms with E-state index in [2.05, 4.69) is 15.5 Å². The number of nitrogens with zero attached hydrogens (tertiary/aromatic N) is 4. The summed E-state index contributed by atoms with van der Waals surface area (Å²) in [5.74, 6) is 0.177. The summed E-state index contributed by atoms with van der Waals surface area (Å²) in [4.78, 5) is 12.4. The van der Waals surface area contributed by atoms with Gasteiger partial charge in [-0.25, -0.2) is 9.48 Å². The number of esters is 1. The fourth-order valence-electron chi connectivity index (χ4n) is 2.01. The molecule has 1 aromatic carbocycles. The SMILES string of the molecule is CCOC(=O)C(C)(c1ccccc1)n1nnnc1C. The maximum absolute atomic E-state index is 12.4. The maximum Gasteiger partial charge on any atom is 0.338 e. The van der Waals surface area contributed by atoms with Crippen LogP contribution in [0.1, 0.15) is 25.2 Å². The summed E-state index contributed by atoms with van der Waals surface area (Å²) in [5, 5.41) is 11.4. The molecule has 19 heavy (non-hydrogen) atoms. The first-order valence-corrected chi connectivity index (χ1v) is 6.09. The van der Waals surface area contributed by atoms with Crippen molar-refractivity contribution in [1.82, 2.24) is 20.2 Å². The second kappa shape index (κ2) is 5.17. The zero-order chi connectivity index (χ0) is 13.9. The number of carbonyl (C=O) groups excluding carboxylic acids is 1. The summed E-state index contributed by atoms with van der Waals surface area (Å²) in [7, 11) is 0. The standard InChI is InChI=1S/C13H16N4O2/c1-4-19-12(18)13(3,11-8-6-5-7-9-11)17-10(2)14-15-16-17/h5-9H,4H2,1-3H3. The Balaban J connectivity index is 2.57. The maximum atomic E-state index is 12.4. The molecule has 0 aliphatic rings. The van der Waals surface area contributed by atoms with Crippen LogP contribution in [0, 0.1) is 6.92 Å². The summed E-state index contributed by atoms with van der Waals surface area (Å²) in [5.41, 5.74) is -0.283. The highest BCUT2D eigenvalue weighted by atomic mass is 16.5. The van der Waals surface area contributed by atoms with E-state index in [0.29, 0.717) is 12.4 Å². The molecule has 0 saturated carbocycles. The van der Waals surface area contributed by atoms with E-state index >= 15 is 0 Å². The van der Waals surface area contributed by atoms with Crippen LogP contribution in [0.5, 0.6) is 0 Å². The Hall–Kier alpha value is -2.24. The molecule has 1 aromatic heterocycles. The minimum Gasteiger partial charge on any atom is -0.464 e. The van der Waals surface area contributed by atoms with Gasteiger partial charge in [0.1, 0.15) is 5.82 Å². The molecule has 0 aliphatic carbocycles. The highest BCUT2D eigenvalue weighted by Crippen LogP contribution is 2.27. The van der Waals surface area contributed by atoms with Gasteiger partial charge in [-0.2, -0.15) is 0 Å². The summed E-state index contributed by atoms with van der Waals surface area (Å²) < 4.78 is 6.67. The van der Waals surface area contributed by atoms with Crippen LogP contribution in [-0.4, -0.2) is 32.8 Å². The first-order valence-electron chi connectivity index (χ1n) is 6.09.